The number of benzene rings is 1. The van der Waals surface area contributed by atoms with Crippen molar-refractivity contribution in [2.24, 2.45) is 5.84 Å². The van der Waals surface area contributed by atoms with Crippen molar-refractivity contribution >= 4 is 29.2 Å². The molecule has 0 heterocycles. The van der Waals surface area contributed by atoms with Crippen LogP contribution in [0.25, 0.3) is 0 Å². The molecule has 1 rings (SSSR count). The van der Waals surface area contributed by atoms with Gasteiger partial charge >= 0.3 is 6.03 Å². The van der Waals surface area contributed by atoms with Crippen LogP contribution in [0.5, 0.6) is 0 Å². The molecule has 0 aliphatic rings. The summed E-state index contributed by atoms with van der Waals surface area (Å²) in [5, 5.41) is 5.47. The monoisotopic (exact) mass is 240 g/mol. The number of amides is 2. The Morgan fingerprint density at radius 2 is 1.94 bits per heavy atom. The van der Waals surface area contributed by atoms with Crippen LogP contribution in [0.15, 0.2) is 24.3 Å². The Kier molecular flexibility index (Phi) is 5.52. The van der Waals surface area contributed by atoms with Crippen LogP contribution in [0, 0.1) is 0 Å². The van der Waals surface area contributed by atoms with Gasteiger partial charge in [0.05, 0.1) is 0 Å². The minimum Gasteiger partial charge on any atom is -0.337 e. The Balaban J connectivity index is 2.37. The minimum absolute atomic E-state index is 0.192. The molecule has 0 aliphatic heterocycles. The number of thioether (sulfide) groups is 1. The summed E-state index contributed by atoms with van der Waals surface area (Å²) in [6.45, 7) is 0.662. The molecule has 5 nitrogen and oxygen atoms in total. The fraction of sp³-hybridized carbons (Fsp3) is 0.300. The molecule has 0 aliphatic carbocycles. The first-order chi connectivity index (χ1) is 7.76. The normalized spacial score (nSPS) is 9.62. The Hall–Kier alpha value is -1.40. The smallest absolute Gasteiger partial charge is 0.319 e. The highest BCUT2D eigenvalue weighted by molar-refractivity contribution is 7.98. The number of nitrogen functional groups attached to an aromatic ring is 1. The average Bonchev–Trinajstić information content (AvgIpc) is 2.30. The highest BCUT2D eigenvalue weighted by Gasteiger charge is 1.99. The largest absolute Gasteiger partial charge is 0.337 e. The maximum absolute atomic E-state index is 11.4. The Labute approximate surface area is 99.1 Å². The van der Waals surface area contributed by atoms with Gasteiger partial charge in [-0.3, -0.25) is 5.84 Å². The molecule has 0 saturated heterocycles. The molecule has 0 unspecified atom stereocenters. The molecule has 88 valence electrons. The molecule has 5 N–H and O–H groups in total. The molecule has 0 fully saturated rings. The second kappa shape index (κ2) is 6.97. The number of nitrogens with two attached hydrogens (primary N) is 1. The minimum atomic E-state index is -0.192. The molecular formula is C10H16N4OS. The van der Waals surface area contributed by atoms with Crippen molar-refractivity contribution in [3.05, 3.63) is 24.3 Å². The van der Waals surface area contributed by atoms with Crippen LogP contribution in [0.2, 0.25) is 0 Å². The number of nitrogens with one attached hydrogen (secondary N) is 3. The maximum atomic E-state index is 11.4. The van der Waals surface area contributed by atoms with Gasteiger partial charge in [0.25, 0.3) is 0 Å². The summed E-state index contributed by atoms with van der Waals surface area (Å²) < 4.78 is 0. The third-order valence-corrected chi connectivity index (χ3v) is 2.51. The van der Waals surface area contributed by atoms with E-state index in [2.05, 4.69) is 16.1 Å². The SMILES string of the molecule is CSCCNC(=O)Nc1ccc(NN)cc1. The molecule has 0 bridgehead atoms. The summed E-state index contributed by atoms with van der Waals surface area (Å²) in [7, 11) is 0. The second-order valence-electron chi connectivity index (χ2n) is 3.10. The molecule has 0 radical (unpaired) electrons. The average molecular weight is 240 g/mol. The molecular weight excluding hydrogens is 224 g/mol. The van der Waals surface area contributed by atoms with Crippen molar-refractivity contribution < 1.29 is 4.79 Å². The zero-order valence-electron chi connectivity index (χ0n) is 9.12. The van der Waals surface area contributed by atoms with Crippen LogP contribution in [-0.4, -0.2) is 24.6 Å². The summed E-state index contributed by atoms with van der Waals surface area (Å²) >= 11 is 1.69. The van der Waals surface area contributed by atoms with Crippen LogP contribution in [-0.2, 0) is 0 Å². The van der Waals surface area contributed by atoms with Crippen molar-refractivity contribution in [2.45, 2.75) is 0 Å². The van der Waals surface area contributed by atoms with Crippen LogP contribution < -0.4 is 21.9 Å². The summed E-state index contributed by atoms with van der Waals surface area (Å²) in [4.78, 5) is 11.4. The Morgan fingerprint density at radius 1 is 1.31 bits per heavy atom. The van der Waals surface area contributed by atoms with Gasteiger partial charge in [0.2, 0.25) is 0 Å². The van der Waals surface area contributed by atoms with Gasteiger partial charge < -0.3 is 16.1 Å². The number of carbonyl (C=O) groups excluding carboxylic acids is 1. The van der Waals surface area contributed by atoms with Crippen LogP contribution >= 0.6 is 11.8 Å². The van der Waals surface area contributed by atoms with E-state index < -0.39 is 0 Å². The van der Waals surface area contributed by atoms with E-state index in [1.165, 1.54) is 0 Å². The van der Waals surface area contributed by atoms with E-state index in [-0.39, 0.29) is 6.03 Å². The lowest BCUT2D eigenvalue weighted by Gasteiger charge is -2.07. The Bertz CT molecular complexity index is 328. The highest BCUT2D eigenvalue weighted by Crippen LogP contribution is 2.11. The summed E-state index contributed by atoms with van der Waals surface area (Å²) in [5.41, 5.74) is 4.05. The number of urea groups is 1. The number of hydrogen-bond acceptors (Lipinski definition) is 4. The molecule has 0 atom stereocenters. The molecule has 6 heteroatoms. The van der Waals surface area contributed by atoms with Gasteiger partial charge in [-0.25, -0.2) is 4.79 Å². The van der Waals surface area contributed by atoms with Crippen molar-refractivity contribution in [1.29, 1.82) is 0 Å². The van der Waals surface area contributed by atoms with E-state index in [0.717, 1.165) is 17.1 Å². The lowest BCUT2D eigenvalue weighted by atomic mass is 10.3. The van der Waals surface area contributed by atoms with E-state index >= 15 is 0 Å². The fourth-order valence-electron chi connectivity index (χ4n) is 1.09. The van der Waals surface area contributed by atoms with Gasteiger partial charge in [-0.2, -0.15) is 11.8 Å². The molecule has 16 heavy (non-hydrogen) atoms. The summed E-state index contributed by atoms with van der Waals surface area (Å²) in [6, 6.07) is 6.95. The van der Waals surface area contributed by atoms with E-state index in [9.17, 15) is 4.79 Å². The van der Waals surface area contributed by atoms with Crippen molar-refractivity contribution in [2.75, 3.05) is 29.3 Å². The maximum Gasteiger partial charge on any atom is 0.319 e. The van der Waals surface area contributed by atoms with Gasteiger partial charge in [-0.05, 0) is 30.5 Å². The van der Waals surface area contributed by atoms with E-state index in [1.807, 2.05) is 6.26 Å². The quantitative estimate of drug-likeness (QED) is 0.357. The van der Waals surface area contributed by atoms with Gasteiger partial charge in [-0.15, -0.1) is 0 Å². The molecule has 0 aromatic heterocycles. The molecule has 0 spiro atoms. The molecule has 1 aromatic rings. The van der Waals surface area contributed by atoms with Crippen molar-refractivity contribution in [3.8, 4) is 0 Å². The molecule has 2 amide bonds. The van der Waals surface area contributed by atoms with Gasteiger partial charge in [-0.1, -0.05) is 0 Å². The van der Waals surface area contributed by atoms with Crippen molar-refractivity contribution in [1.82, 2.24) is 5.32 Å². The van der Waals surface area contributed by atoms with Crippen LogP contribution in [0.3, 0.4) is 0 Å². The number of hydrogen-bond donors (Lipinski definition) is 4. The van der Waals surface area contributed by atoms with Gasteiger partial charge in [0, 0.05) is 23.7 Å². The topological polar surface area (TPSA) is 79.2 Å². The summed E-state index contributed by atoms with van der Waals surface area (Å²) in [6.07, 6.45) is 2.00. The number of anilines is 2. The molecule has 1 aromatic carbocycles. The number of rotatable bonds is 5. The lowest BCUT2D eigenvalue weighted by molar-refractivity contribution is 0.252. The van der Waals surface area contributed by atoms with Crippen LogP contribution in [0.4, 0.5) is 16.2 Å². The van der Waals surface area contributed by atoms with Crippen molar-refractivity contribution in [3.63, 3.8) is 0 Å². The first kappa shape index (κ1) is 12.7. The second-order valence-corrected chi connectivity index (χ2v) is 4.08. The van der Waals surface area contributed by atoms with Crippen LogP contribution in [0.1, 0.15) is 0 Å². The third kappa shape index (κ3) is 4.41. The van der Waals surface area contributed by atoms with E-state index in [4.69, 9.17) is 5.84 Å². The predicted octanol–water partition coefficient (Wildman–Crippen LogP) is 1.46. The predicted molar refractivity (Wildman–Crippen MR) is 69.7 cm³/mol. The summed E-state index contributed by atoms with van der Waals surface area (Å²) in [5.74, 6) is 6.14. The van der Waals surface area contributed by atoms with E-state index in [1.54, 1.807) is 36.0 Å². The first-order valence-corrected chi connectivity index (χ1v) is 6.26. The van der Waals surface area contributed by atoms with E-state index in [0.29, 0.717) is 6.54 Å². The standard InChI is InChI=1S/C10H16N4OS/c1-16-7-6-12-10(15)13-8-2-4-9(14-11)5-3-8/h2-5,14H,6-7,11H2,1H3,(H2,12,13,15). The number of hydrazine groups is 1. The highest BCUT2D eigenvalue weighted by atomic mass is 32.2. The fourth-order valence-corrected chi connectivity index (χ4v) is 1.40. The Morgan fingerprint density at radius 3 is 2.50 bits per heavy atom. The number of carbonyl (C=O) groups is 1. The lowest BCUT2D eigenvalue weighted by Crippen LogP contribution is -2.30. The van der Waals surface area contributed by atoms with Gasteiger partial charge in [0.15, 0.2) is 0 Å². The third-order valence-electron chi connectivity index (χ3n) is 1.90. The van der Waals surface area contributed by atoms with Gasteiger partial charge in [0.1, 0.15) is 0 Å². The molecule has 0 saturated carbocycles. The zero-order valence-corrected chi connectivity index (χ0v) is 9.93. The first-order valence-electron chi connectivity index (χ1n) is 4.86. The zero-order chi connectivity index (χ0) is 11.8.